The molecule has 1 atom stereocenters. The van der Waals surface area contributed by atoms with E-state index in [2.05, 4.69) is 18.9 Å². The number of halogens is 2. The van der Waals surface area contributed by atoms with Crippen molar-refractivity contribution in [2.45, 2.75) is 52.5 Å². The highest BCUT2D eigenvalue weighted by molar-refractivity contribution is 6.03. The molecule has 1 heterocycles. The number of benzene rings is 2. The van der Waals surface area contributed by atoms with E-state index in [4.69, 9.17) is 0 Å². The Morgan fingerprint density at radius 3 is 2.26 bits per heavy atom. The first-order valence-corrected chi connectivity index (χ1v) is 9.34. The predicted octanol–water partition coefficient (Wildman–Crippen LogP) is 5.86. The van der Waals surface area contributed by atoms with Gasteiger partial charge in [-0.05, 0) is 29.8 Å². The van der Waals surface area contributed by atoms with Gasteiger partial charge in [0, 0.05) is 18.9 Å². The quantitative estimate of drug-likeness (QED) is 0.662. The lowest BCUT2D eigenvalue weighted by Crippen LogP contribution is -2.24. The summed E-state index contributed by atoms with van der Waals surface area (Å²) in [6.45, 7) is 5.85. The first-order valence-electron chi connectivity index (χ1n) is 9.34. The molecule has 2 aromatic carbocycles. The molecule has 0 aromatic heterocycles. The second-order valence-electron chi connectivity index (χ2n) is 6.55. The van der Waals surface area contributed by atoms with Crippen LogP contribution in [0.3, 0.4) is 0 Å². The van der Waals surface area contributed by atoms with Gasteiger partial charge in [-0.25, -0.2) is 13.8 Å². The summed E-state index contributed by atoms with van der Waals surface area (Å²) >= 11 is 0. The number of hydrogen-bond donors (Lipinski definition) is 0. The fourth-order valence-corrected chi connectivity index (χ4v) is 2.94. The molecular formula is C22H26F2N2O. The van der Waals surface area contributed by atoms with Crippen LogP contribution in [0.15, 0.2) is 53.6 Å². The van der Waals surface area contributed by atoms with Gasteiger partial charge in [0.25, 0.3) is 0 Å². The third-order valence-corrected chi connectivity index (χ3v) is 4.35. The molecular weight excluding hydrogens is 346 g/mol. The fourth-order valence-electron chi connectivity index (χ4n) is 2.94. The van der Waals surface area contributed by atoms with Crippen LogP contribution in [0.5, 0.6) is 0 Å². The van der Waals surface area contributed by atoms with Crippen LogP contribution in [0.25, 0.3) is 0 Å². The number of amides is 1. The highest BCUT2D eigenvalue weighted by atomic mass is 19.1. The number of unbranched alkanes of at least 4 members (excludes halogenated alkanes) is 2. The Labute approximate surface area is 159 Å². The Kier molecular flexibility index (Phi) is 7.65. The van der Waals surface area contributed by atoms with Gasteiger partial charge in [0.15, 0.2) is 0 Å². The maximum Gasteiger partial charge on any atom is 0.240 e. The fraction of sp³-hybridized carbons (Fsp3) is 0.364. The van der Waals surface area contributed by atoms with Crippen LogP contribution in [0.2, 0.25) is 0 Å². The second-order valence-corrected chi connectivity index (χ2v) is 6.55. The van der Waals surface area contributed by atoms with Crippen molar-refractivity contribution in [2.75, 3.05) is 0 Å². The molecule has 0 fully saturated rings. The third-order valence-electron chi connectivity index (χ3n) is 4.35. The third kappa shape index (κ3) is 5.71. The van der Waals surface area contributed by atoms with E-state index in [0.717, 1.165) is 5.56 Å². The van der Waals surface area contributed by atoms with E-state index >= 15 is 0 Å². The van der Waals surface area contributed by atoms with Crippen LogP contribution in [0.4, 0.5) is 8.78 Å². The standard InChI is InChI=1S/C17H14F2N2O.C5H12/c1-11(22)21-17(12-5-7-14(18)8-6-12)10-16(20-21)13-3-2-4-15(19)9-13;1-3-5-4-2/h2-9,17H,10H2,1H3;3-5H2,1-2H3. The van der Waals surface area contributed by atoms with Gasteiger partial charge in [0.05, 0.1) is 11.8 Å². The lowest BCUT2D eigenvalue weighted by atomic mass is 9.98. The van der Waals surface area contributed by atoms with Crippen LogP contribution in [0.1, 0.15) is 63.6 Å². The van der Waals surface area contributed by atoms with Gasteiger partial charge in [-0.3, -0.25) is 4.79 Å². The minimum Gasteiger partial charge on any atom is -0.273 e. The molecule has 0 bridgehead atoms. The van der Waals surface area contributed by atoms with Crippen molar-refractivity contribution in [3.63, 3.8) is 0 Å². The summed E-state index contributed by atoms with van der Waals surface area (Å²) in [6, 6.07) is 11.8. The zero-order valence-electron chi connectivity index (χ0n) is 16.1. The van der Waals surface area contributed by atoms with Gasteiger partial charge in [0.1, 0.15) is 11.6 Å². The Balaban J connectivity index is 0.000000465. The summed E-state index contributed by atoms with van der Waals surface area (Å²) in [5.74, 6) is -0.886. The van der Waals surface area contributed by atoms with E-state index in [9.17, 15) is 13.6 Å². The summed E-state index contributed by atoms with van der Waals surface area (Å²) in [6.07, 6.45) is 4.54. The normalized spacial score (nSPS) is 15.8. The highest BCUT2D eigenvalue weighted by Crippen LogP contribution is 2.32. The van der Waals surface area contributed by atoms with Crippen molar-refractivity contribution < 1.29 is 13.6 Å². The highest BCUT2D eigenvalue weighted by Gasteiger charge is 2.31. The first kappa shape index (κ1) is 20.7. The van der Waals surface area contributed by atoms with Gasteiger partial charge in [-0.2, -0.15) is 5.10 Å². The number of nitrogens with zero attached hydrogens (tertiary/aromatic N) is 2. The van der Waals surface area contributed by atoms with E-state index < -0.39 is 0 Å². The molecule has 1 unspecified atom stereocenters. The summed E-state index contributed by atoms with van der Waals surface area (Å²) < 4.78 is 26.4. The maximum atomic E-state index is 13.4. The van der Waals surface area contributed by atoms with Crippen molar-refractivity contribution in [1.82, 2.24) is 5.01 Å². The molecule has 144 valence electrons. The zero-order chi connectivity index (χ0) is 19.8. The molecule has 1 aliphatic heterocycles. The maximum absolute atomic E-state index is 13.4. The van der Waals surface area contributed by atoms with Gasteiger partial charge in [-0.15, -0.1) is 0 Å². The van der Waals surface area contributed by atoms with E-state index in [1.807, 2.05) is 0 Å². The molecule has 0 aliphatic carbocycles. The molecule has 0 saturated heterocycles. The smallest absolute Gasteiger partial charge is 0.240 e. The molecule has 0 radical (unpaired) electrons. The Hall–Kier alpha value is -2.56. The van der Waals surface area contributed by atoms with Crippen LogP contribution < -0.4 is 0 Å². The number of carbonyl (C=O) groups is 1. The van der Waals surface area contributed by atoms with Crippen LogP contribution in [0, 0.1) is 11.6 Å². The monoisotopic (exact) mass is 372 g/mol. The minimum atomic E-state index is -0.347. The van der Waals surface area contributed by atoms with E-state index in [1.165, 1.54) is 55.5 Å². The Morgan fingerprint density at radius 1 is 1.07 bits per heavy atom. The van der Waals surface area contributed by atoms with E-state index in [1.54, 1.807) is 24.3 Å². The van der Waals surface area contributed by atoms with Gasteiger partial charge < -0.3 is 0 Å². The second kappa shape index (κ2) is 9.95. The average Bonchev–Trinajstić information content (AvgIpc) is 3.09. The lowest BCUT2D eigenvalue weighted by molar-refractivity contribution is -0.130. The van der Waals surface area contributed by atoms with Crippen molar-refractivity contribution >= 4 is 11.6 Å². The Morgan fingerprint density at radius 2 is 1.74 bits per heavy atom. The summed E-state index contributed by atoms with van der Waals surface area (Å²) in [5.41, 5.74) is 2.09. The van der Waals surface area contributed by atoms with Crippen molar-refractivity contribution in [1.29, 1.82) is 0 Å². The van der Waals surface area contributed by atoms with Crippen LogP contribution in [-0.4, -0.2) is 16.6 Å². The zero-order valence-corrected chi connectivity index (χ0v) is 16.1. The molecule has 0 N–H and O–H groups in total. The van der Waals surface area contributed by atoms with Crippen LogP contribution in [-0.2, 0) is 4.79 Å². The molecule has 0 saturated carbocycles. The molecule has 5 heteroatoms. The first-order chi connectivity index (χ1) is 13.0. The number of hydrogen-bond acceptors (Lipinski definition) is 2. The summed E-state index contributed by atoms with van der Waals surface area (Å²) in [4.78, 5) is 11.8. The largest absolute Gasteiger partial charge is 0.273 e. The molecule has 1 amide bonds. The van der Waals surface area contributed by atoms with Crippen molar-refractivity contribution in [2.24, 2.45) is 5.10 Å². The Bertz CT molecular complexity index is 785. The van der Waals surface area contributed by atoms with E-state index in [-0.39, 0.29) is 23.6 Å². The molecule has 2 aromatic rings. The summed E-state index contributed by atoms with van der Waals surface area (Å²) in [7, 11) is 0. The molecule has 27 heavy (non-hydrogen) atoms. The number of carbonyl (C=O) groups excluding carboxylic acids is 1. The predicted molar refractivity (Wildman–Crippen MR) is 104 cm³/mol. The summed E-state index contributed by atoms with van der Waals surface area (Å²) in [5, 5.41) is 5.69. The molecule has 3 nitrogen and oxygen atoms in total. The molecule has 3 rings (SSSR count). The van der Waals surface area contributed by atoms with Crippen LogP contribution >= 0.6 is 0 Å². The number of rotatable bonds is 4. The molecule has 0 spiro atoms. The minimum absolute atomic E-state index is 0.208. The number of hydrazone groups is 1. The van der Waals surface area contributed by atoms with Gasteiger partial charge in [0.2, 0.25) is 5.91 Å². The van der Waals surface area contributed by atoms with E-state index in [0.29, 0.717) is 17.7 Å². The lowest BCUT2D eigenvalue weighted by Gasteiger charge is -2.20. The molecule has 1 aliphatic rings. The van der Waals surface area contributed by atoms with Gasteiger partial charge >= 0.3 is 0 Å². The average molecular weight is 372 g/mol. The SMILES string of the molecule is CC(=O)N1N=C(c2cccc(F)c2)CC1c1ccc(F)cc1.CCCCC. The van der Waals surface area contributed by atoms with Crippen molar-refractivity contribution in [3.8, 4) is 0 Å². The topological polar surface area (TPSA) is 32.7 Å². The van der Waals surface area contributed by atoms with Gasteiger partial charge in [-0.1, -0.05) is 57.4 Å². The van der Waals surface area contributed by atoms with Crippen molar-refractivity contribution in [3.05, 3.63) is 71.3 Å².